The van der Waals surface area contributed by atoms with Crippen molar-refractivity contribution >= 4 is 6.08 Å². The first-order valence-electron chi connectivity index (χ1n) is 10.9. The van der Waals surface area contributed by atoms with Crippen molar-refractivity contribution in [3.63, 3.8) is 0 Å². The number of aromatic hydroxyl groups is 1. The zero-order valence-corrected chi connectivity index (χ0v) is 18.4. The smallest absolute Gasteiger partial charge is 0.161 e. The number of rotatable bonds is 11. The highest BCUT2D eigenvalue weighted by Crippen LogP contribution is 2.28. The lowest BCUT2D eigenvalue weighted by Crippen LogP contribution is -3.13. The van der Waals surface area contributed by atoms with Gasteiger partial charge in [0.2, 0.25) is 0 Å². The van der Waals surface area contributed by atoms with E-state index in [1.165, 1.54) is 0 Å². The first kappa shape index (κ1) is 23.1. The summed E-state index contributed by atoms with van der Waals surface area (Å²) >= 11 is 0. The van der Waals surface area contributed by atoms with Crippen LogP contribution in [0.3, 0.4) is 0 Å². The van der Waals surface area contributed by atoms with E-state index in [0.29, 0.717) is 24.6 Å². The lowest BCUT2D eigenvalue weighted by atomic mass is 10.1. The first-order valence-corrected chi connectivity index (χ1v) is 10.9. The molecule has 3 N–H and O–H groups in total. The molecule has 0 radical (unpaired) electrons. The van der Waals surface area contributed by atoms with Gasteiger partial charge in [-0.2, -0.15) is 0 Å². The van der Waals surface area contributed by atoms with Crippen LogP contribution >= 0.6 is 0 Å². The summed E-state index contributed by atoms with van der Waals surface area (Å²) in [4.78, 5) is 1.15. The van der Waals surface area contributed by atoms with Gasteiger partial charge in [0.15, 0.2) is 11.5 Å². The second kappa shape index (κ2) is 11.7. The molecular formula is C25H34NO5+. The molecule has 1 saturated heterocycles. The van der Waals surface area contributed by atoms with Crippen LogP contribution in [0.15, 0.2) is 48.5 Å². The maximum atomic E-state index is 10.7. The third-order valence-electron chi connectivity index (χ3n) is 5.47. The summed E-state index contributed by atoms with van der Waals surface area (Å²) < 4.78 is 17.1. The Morgan fingerprint density at radius 3 is 2.77 bits per heavy atom. The number of allylic oxidation sites excluding steroid dienone is 1. The Morgan fingerprint density at radius 1 is 1.23 bits per heavy atom. The Morgan fingerprint density at radius 2 is 2.06 bits per heavy atom. The van der Waals surface area contributed by atoms with E-state index in [2.05, 4.69) is 0 Å². The van der Waals surface area contributed by atoms with Gasteiger partial charge in [-0.05, 0) is 49.6 Å². The first-order chi connectivity index (χ1) is 15.1. The van der Waals surface area contributed by atoms with Gasteiger partial charge in [-0.3, -0.25) is 0 Å². The molecule has 0 bridgehead atoms. The zero-order chi connectivity index (χ0) is 22.1. The Kier molecular flexibility index (Phi) is 8.76. The van der Waals surface area contributed by atoms with Gasteiger partial charge in [-0.25, -0.2) is 0 Å². The van der Waals surface area contributed by atoms with E-state index in [1.807, 2.05) is 55.5 Å². The van der Waals surface area contributed by atoms with Crippen molar-refractivity contribution in [2.75, 3.05) is 33.4 Å². The molecule has 1 heterocycles. The number of methoxy groups -OCH3 is 1. The number of aliphatic hydroxyl groups excluding tert-OH is 1. The molecule has 1 fully saturated rings. The predicted molar refractivity (Wildman–Crippen MR) is 121 cm³/mol. The molecule has 0 saturated carbocycles. The van der Waals surface area contributed by atoms with Gasteiger partial charge < -0.3 is 29.3 Å². The van der Waals surface area contributed by atoms with Gasteiger partial charge >= 0.3 is 0 Å². The Balaban J connectivity index is 1.61. The summed E-state index contributed by atoms with van der Waals surface area (Å²) in [5.74, 6) is 1.53. The number of ether oxygens (including phenoxy) is 3. The van der Waals surface area contributed by atoms with Gasteiger partial charge in [0.05, 0.1) is 7.11 Å². The molecule has 3 atom stereocenters. The number of hydrogen-bond donors (Lipinski definition) is 3. The number of quaternary nitrogens is 1. The quantitative estimate of drug-likeness (QED) is 0.513. The summed E-state index contributed by atoms with van der Waals surface area (Å²) in [6, 6.07) is 13.1. The number of benzene rings is 2. The molecule has 0 aromatic heterocycles. The van der Waals surface area contributed by atoms with E-state index in [1.54, 1.807) is 13.2 Å². The average molecular weight is 429 g/mol. The summed E-state index contributed by atoms with van der Waals surface area (Å²) in [6.45, 7) is 4.82. The highest BCUT2D eigenvalue weighted by Gasteiger charge is 2.25. The van der Waals surface area contributed by atoms with Gasteiger partial charge in [0, 0.05) is 12.2 Å². The number of aliphatic hydroxyl groups is 1. The molecule has 6 heteroatoms. The number of phenols is 1. The molecule has 31 heavy (non-hydrogen) atoms. The Hall–Kier alpha value is -2.54. The highest BCUT2D eigenvalue weighted by atomic mass is 16.5. The average Bonchev–Trinajstić information content (AvgIpc) is 3.27. The van der Waals surface area contributed by atoms with Crippen LogP contribution in [0.25, 0.3) is 6.08 Å². The Labute approximate surface area is 184 Å². The summed E-state index contributed by atoms with van der Waals surface area (Å²) in [6.07, 6.45) is 5.59. The number of phenolic OH excluding ortho intramolecular Hbond substituents is 1. The molecule has 1 aliphatic heterocycles. The molecule has 2 aromatic carbocycles. The molecule has 1 aliphatic rings. The molecule has 0 spiro atoms. The van der Waals surface area contributed by atoms with Crippen molar-refractivity contribution < 1.29 is 29.3 Å². The summed E-state index contributed by atoms with van der Waals surface area (Å²) in [5.41, 5.74) is 1.90. The van der Waals surface area contributed by atoms with Crippen molar-refractivity contribution in [1.29, 1.82) is 0 Å². The van der Waals surface area contributed by atoms with Crippen LogP contribution in [-0.4, -0.2) is 55.8 Å². The van der Waals surface area contributed by atoms with E-state index in [4.69, 9.17) is 14.2 Å². The zero-order valence-electron chi connectivity index (χ0n) is 18.4. The molecule has 0 amide bonds. The monoisotopic (exact) mass is 428 g/mol. The van der Waals surface area contributed by atoms with Crippen molar-refractivity contribution in [3.05, 3.63) is 59.7 Å². The highest BCUT2D eigenvalue weighted by molar-refractivity contribution is 5.55. The minimum Gasteiger partial charge on any atom is -0.507 e. The molecule has 2 aromatic rings. The molecular weight excluding hydrogens is 394 g/mol. The summed E-state index contributed by atoms with van der Waals surface area (Å²) in [7, 11) is 1.61. The van der Waals surface area contributed by atoms with Gasteiger partial charge in [-0.1, -0.05) is 30.4 Å². The minimum atomic E-state index is -0.665. The van der Waals surface area contributed by atoms with Gasteiger partial charge in [0.1, 0.15) is 44.2 Å². The third kappa shape index (κ3) is 6.99. The van der Waals surface area contributed by atoms with E-state index in [9.17, 15) is 10.2 Å². The second-order valence-electron chi connectivity index (χ2n) is 7.97. The maximum Gasteiger partial charge on any atom is 0.161 e. The van der Waals surface area contributed by atoms with E-state index >= 15 is 0 Å². The predicted octanol–water partition coefficient (Wildman–Crippen LogP) is 2.44. The van der Waals surface area contributed by atoms with Crippen molar-refractivity contribution in [3.8, 4) is 17.2 Å². The fourth-order valence-electron chi connectivity index (χ4n) is 3.96. The molecule has 3 rings (SSSR count). The van der Waals surface area contributed by atoms with E-state index in [-0.39, 0.29) is 18.5 Å². The van der Waals surface area contributed by atoms with Crippen LogP contribution in [0.2, 0.25) is 0 Å². The minimum absolute atomic E-state index is 0.162. The van der Waals surface area contributed by atoms with Crippen LogP contribution in [0, 0.1) is 0 Å². The second-order valence-corrected chi connectivity index (χ2v) is 7.97. The van der Waals surface area contributed by atoms with Crippen molar-refractivity contribution in [1.82, 2.24) is 0 Å². The van der Waals surface area contributed by atoms with Crippen LogP contribution in [0.5, 0.6) is 17.2 Å². The Bertz CT molecular complexity index is 848. The molecule has 6 nitrogen and oxygen atoms in total. The van der Waals surface area contributed by atoms with Crippen LogP contribution in [0.4, 0.5) is 0 Å². The SMILES string of the molecule is C/C=C/c1ccc(OC[C@@H](O)C[NH+](Cc2ccccc2O)C[C@@H]2CCCO2)c(OC)c1. The normalized spacial score (nSPS) is 18.2. The van der Waals surface area contributed by atoms with Gasteiger partial charge in [0.25, 0.3) is 0 Å². The van der Waals surface area contributed by atoms with Crippen LogP contribution < -0.4 is 14.4 Å². The van der Waals surface area contributed by atoms with E-state index in [0.717, 1.165) is 42.0 Å². The van der Waals surface area contributed by atoms with E-state index < -0.39 is 6.10 Å². The topological polar surface area (TPSA) is 72.6 Å². The standard InChI is InChI=1S/C25H33NO5/c1-3-7-19-11-12-24(25(14-19)29-2)31-18-21(27)16-26(17-22-9-6-13-30-22)15-20-8-4-5-10-23(20)28/h3-5,7-8,10-12,14,21-22,27-28H,6,9,13,15-18H2,1-2H3/p+1/b7-3+/t21-,22-/m0/s1. The number of hydrogen-bond acceptors (Lipinski definition) is 5. The largest absolute Gasteiger partial charge is 0.507 e. The lowest BCUT2D eigenvalue weighted by molar-refractivity contribution is -0.919. The van der Waals surface area contributed by atoms with Crippen LogP contribution in [-0.2, 0) is 11.3 Å². The summed E-state index contributed by atoms with van der Waals surface area (Å²) in [5, 5.41) is 20.9. The van der Waals surface area contributed by atoms with Crippen molar-refractivity contribution in [2.45, 2.75) is 38.5 Å². The molecule has 0 aliphatic carbocycles. The fraction of sp³-hybridized carbons (Fsp3) is 0.440. The number of para-hydroxylation sites is 1. The molecule has 1 unspecified atom stereocenters. The lowest BCUT2D eigenvalue weighted by Gasteiger charge is -2.25. The number of nitrogens with one attached hydrogen (secondary N) is 1. The van der Waals surface area contributed by atoms with Crippen LogP contribution in [0.1, 0.15) is 30.9 Å². The maximum absolute atomic E-state index is 10.7. The fourth-order valence-corrected chi connectivity index (χ4v) is 3.96. The third-order valence-corrected chi connectivity index (χ3v) is 5.47. The van der Waals surface area contributed by atoms with Crippen molar-refractivity contribution in [2.24, 2.45) is 0 Å². The molecule has 168 valence electrons. The van der Waals surface area contributed by atoms with Gasteiger partial charge in [-0.15, -0.1) is 0 Å².